The molecule has 0 N–H and O–H groups in total. The molecule has 0 spiro atoms. The average molecular weight is 373 g/mol. The SMILES string of the molecule is CSc1nc2sc3c(N4CCOCC4)ncnc3c2c2c1CCCC2. The Kier molecular flexibility index (Phi) is 4.03. The van der Waals surface area contributed by atoms with Crippen LogP contribution in [-0.2, 0) is 17.6 Å². The third-order valence-electron chi connectivity index (χ3n) is 5.17. The molecule has 5 rings (SSSR count). The number of aromatic nitrogens is 3. The number of aryl methyl sites for hydroxylation is 1. The maximum absolute atomic E-state index is 5.50. The molecule has 0 radical (unpaired) electrons. The maximum Gasteiger partial charge on any atom is 0.150 e. The summed E-state index contributed by atoms with van der Waals surface area (Å²) in [6.45, 7) is 3.31. The minimum absolute atomic E-state index is 0.765. The van der Waals surface area contributed by atoms with E-state index in [2.05, 4.69) is 21.1 Å². The number of nitrogens with zero attached hydrogens (tertiary/aromatic N) is 4. The van der Waals surface area contributed by atoms with Crippen LogP contribution in [0, 0.1) is 0 Å². The molecule has 2 aliphatic rings. The molecule has 25 heavy (non-hydrogen) atoms. The van der Waals surface area contributed by atoms with E-state index in [-0.39, 0.29) is 0 Å². The van der Waals surface area contributed by atoms with E-state index < -0.39 is 0 Å². The number of hydrogen-bond acceptors (Lipinski definition) is 7. The molecule has 1 fully saturated rings. The van der Waals surface area contributed by atoms with Crippen molar-refractivity contribution in [3.05, 3.63) is 17.5 Å². The molecule has 0 atom stereocenters. The van der Waals surface area contributed by atoms with Crippen molar-refractivity contribution in [1.82, 2.24) is 15.0 Å². The van der Waals surface area contributed by atoms with E-state index in [1.165, 1.54) is 39.1 Å². The molecule has 0 saturated carbocycles. The van der Waals surface area contributed by atoms with E-state index >= 15 is 0 Å². The van der Waals surface area contributed by atoms with Gasteiger partial charge in [-0.15, -0.1) is 23.1 Å². The number of fused-ring (bicyclic) bond motifs is 5. The molecular formula is C18H20N4OS2. The highest BCUT2D eigenvalue weighted by molar-refractivity contribution is 7.98. The van der Waals surface area contributed by atoms with Crippen molar-refractivity contribution in [3.63, 3.8) is 0 Å². The zero-order valence-electron chi connectivity index (χ0n) is 14.2. The molecule has 0 bridgehead atoms. The third kappa shape index (κ3) is 2.52. The fourth-order valence-electron chi connectivity index (χ4n) is 3.98. The third-order valence-corrected chi connectivity index (χ3v) is 6.96. The maximum atomic E-state index is 5.50. The lowest BCUT2D eigenvalue weighted by molar-refractivity contribution is 0.122. The van der Waals surface area contributed by atoms with E-state index in [1.54, 1.807) is 29.4 Å². The molecule has 130 valence electrons. The minimum atomic E-state index is 0.765. The predicted octanol–water partition coefficient (Wildman–Crippen LogP) is 3.68. The van der Waals surface area contributed by atoms with Crippen molar-refractivity contribution in [1.29, 1.82) is 0 Å². The number of hydrogen-bond donors (Lipinski definition) is 0. The van der Waals surface area contributed by atoms with Gasteiger partial charge in [0.2, 0.25) is 0 Å². The normalized spacial score (nSPS) is 18.0. The van der Waals surface area contributed by atoms with Crippen LogP contribution >= 0.6 is 23.1 Å². The molecule has 0 unspecified atom stereocenters. The van der Waals surface area contributed by atoms with E-state index in [1.807, 2.05) is 0 Å². The van der Waals surface area contributed by atoms with Gasteiger partial charge in [0.15, 0.2) is 0 Å². The summed E-state index contributed by atoms with van der Waals surface area (Å²) in [4.78, 5) is 17.7. The second-order valence-corrected chi connectivity index (χ2v) is 8.34. The molecule has 0 aromatic carbocycles. The quantitative estimate of drug-likeness (QED) is 0.640. The first-order valence-electron chi connectivity index (χ1n) is 8.82. The van der Waals surface area contributed by atoms with Gasteiger partial charge in [-0.2, -0.15) is 0 Å². The van der Waals surface area contributed by atoms with Gasteiger partial charge in [0.1, 0.15) is 22.0 Å². The van der Waals surface area contributed by atoms with Gasteiger partial charge in [-0.3, -0.25) is 0 Å². The number of morpholine rings is 1. The second-order valence-electron chi connectivity index (χ2n) is 6.54. The first-order chi connectivity index (χ1) is 12.4. The van der Waals surface area contributed by atoms with Gasteiger partial charge in [0.05, 0.1) is 23.4 Å². The van der Waals surface area contributed by atoms with Crippen LogP contribution in [-0.4, -0.2) is 47.5 Å². The van der Waals surface area contributed by atoms with Crippen molar-refractivity contribution in [3.8, 4) is 0 Å². The summed E-state index contributed by atoms with van der Waals surface area (Å²) in [7, 11) is 0. The topological polar surface area (TPSA) is 51.1 Å². The number of pyridine rings is 1. The molecule has 0 amide bonds. The number of anilines is 1. The van der Waals surface area contributed by atoms with Crippen LogP contribution in [0.1, 0.15) is 24.0 Å². The van der Waals surface area contributed by atoms with Crippen molar-refractivity contribution < 1.29 is 4.74 Å². The number of rotatable bonds is 2. The first kappa shape index (κ1) is 15.8. The molecule has 5 nitrogen and oxygen atoms in total. The highest BCUT2D eigenvalue weighted by Crippen LogP contribution is 2.42. The molecule has 3 aromatic rings. The van der Waals surface area contributed by atoms with Crippen molar-refractivity contribution in [2.45, 2.75) is 30.7 Å². The Balaban J connectivity index is 1.78. The van der Waals surface area contributed by atoms with Gasteiger partial charge in [0, 0.05) is 18.5 Å². The van der Waals surface area contributed by atoms with Crippen molar-refractivity contribution >= 4 is 49.3 Å². The molecule has 4 heterocycles. The smallest absolute Gasteiger partial charge is 0.150 e. The Morgan fingerprint density at radius 3 is 2.72 bits per heavy atom. The highest BCUT2D eigenvalue weighted by Gasteiger charge is 2.24. The van der Waals surface area contributed by atoms with Gasteiger partial charge in [-0.25, -0.2) is 15.0 Å². The molecular weight excluding hydrogens is 352 g/mol. The van der Waals surface area contributed by atoms with E-state index in [4.69, 9.17) is 9.72 Å². The van der Waals surface area contributed by atoms with Crippen LogP contribution in [0.2, 0.25) is 0 Å². The minimum Gasteiger partial charge on any atom is -0.378 e. The van der Waals surface area contributed by atoms with Gasteiger partial charge >= 0.3 is 0 Å². The van der Waals surface area contributed by atoms with Gasteiger partial charge in [-0.1, -0.05) is 0 Å². The average Bonchev–Trinajstić information content (AvgIpc) is 3.06. The van der Waals surface area contributed by atoms with Crippen LogP contribution in [0.25, 0.3) is 20.4 Å². The number of thiophene rings is 1. The second kappa shape index (κ2) is 6.37. The van der Waals surface area contributed by atoms with Crippen LogP contribution in [0.15, 0.2) is 11.4 Å². The molecule has 1 saturated heterocycles. The zero-order valence-corrected chi connectivity index (χ0v) is 15.9. The van der Waals surface area contributed by atoms with Crippen molar-refractivity contribution in [2.75, 3.05) is 37.5 Å². The Morgan fingerprint density at radius 2 is 1.92 bits per heavy atom. The Hall–Kier alpha value is -1.44. The lowest BCUT2D eigenvalue weighted by Crippen LogP contribution is -2.36. The largest absolute Gasteiger partial charge is 0.378 e. The number of thioether (sulfide) groups is 1. The standard InChI is InChI=1S/C18H20N4OS2/c1-24-17-12-5-3-2-4-11(12)13-14-15(25-18(13)21-17)16(20-10-19-14)22-6-8-23-9-7-22/h10H,2-9H2,1H3. The van der Waals surface area contributed by atoms with Crippen LogP contribution in [0.4, 0.5) is 5.82 Å². The van der Waals surface area contributed by atoms with E-state index in [0.29, 0.717) is 0 Å². The van der Waals surface area contributed by atoms with Gasteiger partial charge < -0.3 is 9.64 Å². The lowest BCUT2D eigenvalue weighted by Gasteiger charge is -2.27. The summed E-state index contributed by atoms with van der Waals surface area (Å²) >= 11 is 3.53. The summed E-state index contributed by atoms with van der Waals surface area (Å²) in [5.41, 5.74) is 4.03. The highest BCUT2D eigenvalue weighted by atomic mass is 32.2. The lowest BCUT2D eigenvalue weighted by atomic mass is 9.91. The fourth-order valence-corrected chi connectivity index (χ4v) is 5.87. The zero-order chi connectivity index (χ0) is 16.8. The molecule has 3 aromatic heterocycles. The predicted molar refractivity (Wildman–Crippen MR) is 104 cm³/mol. The molecule has 1 aliphatic carbocycles. The fraction of sp³-hybridized carbons (Fsp3) is 0.500. The summed E-state index contributed by atoms with van der Waals surface area (Å²) in [6, 6.07) is 0. The summed E-state index contributed by atoms with van der Waals surface area (Å²) < 4.78 is 6.68. The summed E-state index contributed by atoms with van der Waals surface area (Å²) in [5, 5.41) is 2.49. The Labute approximate surface area is 154 Å². The van der Waals surface area contributed by atoms with Crippen molar-refractivity contribution in [2.24, 2.45) is 0 Å². The van der Waals surface area contributed by atoms with Crippen LogP contribution in [0.3, 0.4) is 0 Å². The molecule has 7 heteroatoms. The monoisotopic (exact) mass is 372 g/mol. The van der Waals surface area contributed by atoms with Gasteiger partial charge in [-0.05, 0) is 43.1 Å². The van der Waals surface area contributed by atoms with Gasteiger partial charge in [0.25, 0.3) is 0 Å². The molecule has 1 aliphatic heterocycles. The summed E-state index contributed by atoms with van der Waals surface area (Å²) in [6.07, 6.45) is 8.67. The van der Waals surface area contributed by atoms with Crippen LogP contribution < -0.4 is 4.90 Å². The summed E-state index contributed by atoms with van der Waals surface area (Å²) in [5.74, 6) is 1.05. The number of ether oxygens (including phenoxy) is 1. The van der Waals surface area contributed by atoms with Crippen LogP contribution in [0.5, 0.6) is 0 Å². The van der Waals surface area contributed by atoms with E-state index in [0.717, 1.165) is 55.3 Å². The first-order valence-corrected chi connectivity index (χ1v) is 10.9. The van der Waals surface area contributed by atoms with E-state index in [9.17, 15) is 0 Å². The Morgan fingerprint density at radius 1 is 1.12 bits per heavy atom. The Bertz CT molecular complexity index is 949.